The van der Waals surface area contributed by atoms with Gasteiger partial charge in [-0.1, -0.05) is 38.1 Å². The molecule has 2 atom stereocenters. The molecule has 0 heterocycles. The van der Waals surface area contributed by atoms with Gasteiger partial charge in [0.15, 0.2) is 0 Å². The lowest BCUT2D eigenvalue weighted by Crippen LogP contribution is -2.28. The van der Waals surface area contributed by atoms with E-state index in [2.05, 4.69) is 50.4 Å². The van der Waals surface area contributed by atoms with Crippen molar-refractivity contribution in [3.63, 3.8) is 0 Å². The fourth-order valence-electron chi connectivity index (χ4n) is 2.19. The lowest BCUT2D eigenvalue weighted by molar-refractivity contribution is 0.0856. The van der Waals surface area contributed by atoms with Crippen LogP contribution in [0.4, 0.5) is 0 Å². The molecule has 17 heavy (non-hydrogen) atoms. The van der Waals surface area contributed by atoms with Crippen molar-refractivity contribution in [3.05, 3.63) is 35.4 Å². The van der Waals surface area contributed by atoms with Gasteiger partial charge < -0.3 is 10.1 Å². The van der Waals surface area contributed by atoms with Crippen LogP contribution in [0.2, 0.25) is 0 Å². The molecule has 0 fully saturated rings. The van der Waals surface area contributed by atoms with E-state index >= 15 is 0 Å². The van der Waals surface area contributed by atoms with Crippen LogP contribution in [-0.4, -0.2) is 20.3 Å². The summed E-state index contributed by atoms with van der Waals surface area (Å²) in [5, 5.41) is 3.32. The highest BCUT2D eigenvalue weighted by Gasteiger charge is 2.17. The van der Waals surface area contributed by atoms with Crippen molar-refractivity contribution in [2.24, 2.45) is 5.92 Å². The summed E-state index contributed by atoms with van der Waals surface area (Å²) in [6.07, 6.45) is 1.31. The van der Waals surface area contributed by atoms with Gasteiger partial charge in [0.2, 0.25) is 0 Å². The molecular formula is C15H25NO. The van der Waals surface area contributed by atoms with E-state index in [-0.39, 0.29) is 12.1 Å². The van der Waals surface area contributed by atoms with E-state index < -0.39 is 0 Å². The first kappa shape index (κ1) is 14.2. The van der Waals surface area contributed by atoms with Gasteiger partial charge in [0.1, 0.15) is 0 Å². The summed E-state index contributed by atoms with van der Waals surface area (Å²) in [7, 11) is 3.74. The van der Waals surface area contributed by atoms with Crippen molar-refractivity contribution in [3.8, 4) is 0 Å². The average Bonchev–Trinajstić information content (AvgIpc) is 2.29. The van der Waals surface area contributed by atoms with Gasteiger partial charge in [-0.25, -0.2) is 0 Å². The molecule has 0 radical (unpaired) electrons. The topological polar surface area (TPSA) is 21.3 Å². The number of rotatable bonds is 6. The van der Waals surface area contributed by atoms with E-state index in [1.165, 1.54) is 11.1 Å². The van der Waals surface area contributed by atoms with Crippen LogP contribution in [0.3, 0.4) is 0 Å². The van der Waals surface area contributed by atoms with Crippen LogP contribution in [-0.2, 0) is 11.2 Å². The maximum Gasteiger partial charge on any atom is 0.0737 e. The molecule has 0 aliphatic carbocycles. The van der Waals surface area contributed by atoms with Crippen LogP contribution in [0.5, 0.6) is 0 Å². The summed E-state index contributed by atoms with van der Waals surface area (Å²) in [4.78, 5) is 0. The lowest BCUT2D eigenvalue weighted by Gasteiger charge is -2.23. The molecule has 0 amide bonds. The zero-order valence-corrected chi connectivity index (χ0v) is 11.7. The minimum Gasteiger partial charge on any atom is -0.380 e. The summed E-state index contributed by atoms with van der Waals surface area (Å²) in [6, 6.07) is 9.05. The number of ether oxygens (including phenoxy) is 1. The van der Waals surface area contributed by atoms with Crippen molar-refractivity contribution < 1.29 is 4.74 Å². The minimum atomic E-state index is 0.175. The molecule has 0 bridgehead atoms. The normalized spacial score (nSPS) is 14.9. The number of likely N-dealkylation sites (N-methyl/N-ethyl adjacent to an activating group) is 1. The highest BCUT2D eigenvalue weighted by Crippen LogP contribution is 2.20. The predicted octanol–water partition coefficient (Wildman–Crippen LogP) is 3.18. The molecule has 0 aliphatic heterocycles. The van der Waals surface area contributed by atoms with E-state index in [1.54, 1.807) is 7.11 Å². The van der Waals surface area contributed by atoms with E-state index in [0.717, 1.165) is 6.42 Å². The van der Waals surface area contributed by atoms with E-state index in [1.807, 2.05) is 7.05 Å². The first-order valence-corrected chi connectivity index (χ1v) is 6.37. The Balaban J connectivity index is 2.88. The molecule has 96 valence electrons. The second kappa shape index (κ2) is 6.77. The molecule has 1 rings (SSSR count). The number of hydrogen-bond donors (Lipinski definition) is 1. The zero-order valence-electron chi connectivity index (χ0n) is 11.7. The predicted molar refractivity (Wildman–Crippen MR) is 73.3 cm³/mol. The molecule has 2 unspecified atom stereocenters. The Morgan fingerprint density at radius 3 is 2.47 bits per heavy atom. The molecular weight excluding hydrogens is 210 g/mol. The van der Waals surface area contributed by atoms with Gasteiger partial charge in [-0.3, -0.25) is 0 Å². The lowest BCUT2D eigenvalue weighted by atomic mass is 9.96. The van der Waals surface area contributed by atoms with Gasteiger partial charge in [-0.05, 0) is 37.4 Å². The van der Waals surface area contributed by atoms with Gasteiger partial charge in [-0.15, -0.1) is 0 Å². The summed E-state index contributed by atoms with van der Waals surface area (Å²) >= 11 is 0. The third-order valence-electron chi connectivity index (χ3n) is 3.11. The molecule has 0 saturated carbocycles. The summed E-state index contributed by atoms with van der Waals surface area (Å²) in [5.41, 5.74) is 2.71. The monoisotopic (exact) mass is 235 g/mol. The number of benzene rings is 1. The van der Waals surface area contributed by atoms with Crippen LogP contribution in [0.25, 0.3) is 0 Å². The molecule has 1 aromatic rings. The molecule has 0 saturated heterocycles. The van der Waals surface area contributed by atoms with Crippen molar-refractivity contribution in [2.75, 3.05) is 14.2 Å². The van der Waals surface area contributed by atoms with Crippen molar-refractivity contribution in [1.29, 1.82) is 0 Å². The standard InChI is InChI=1S/C15H25NO/c1-11(2)9-13-7-6-8-14(10-13)15(16-4)12(3)17-5/h6-8,10-12,15-16H,9H2,1-5H3. The van der Waals surface area contributed by atoms with Crippen LogP contribution in [0, 0.1) is 5.92 Å². The molecule has 1 N–H and O–H groups in total. The maximum atomic E-state index is 5.42. The SMILES string of the molecule is CNC(c1cccc(CC(C)C)c1)C(C)OC. The molecule has 2 nitrogen and oxygen atoms in total. The summed E-state index contributed by atoms with van der Waals surface area (Å²) in [5.74, 6) is 0.693. The largest absolute Gasteiger partial charge is 0.380 e. The van der Waals surface area contributed by atoms with E-state index in [9.17, 15) is 0 Å². The molecule has 0 spiro atoms. The van der Waals surface area contributed by atoms with Crippen LogP contribution < -0.4 is 5.32 Å². The van der Waals surface area contributed by atoms with Crippen LogP contribution >= 0.6 is 0 Å². The number of hydrogen-bond acceptors (Lipinski definition) is 2. The molecule has 0 aromatic heterocycles. The van der Waals surface area contributed by atoms with Crippen LogP contribution in [0.15, 0.2) is 24.3 Å². The Bertz CT molecular complexity index is 335. The Hall–Kier alpha value is -0.860. The molecule has 2 heteroatoms. The highest BCUT2D eigenvalue weighted by atomic mass is 16.5. The maximum absolute atomic E-state index is 5.42. The number of nitrogens with one attached hydrogen (secondary N) is 1. The van der Waals surface area contributed by atoms with E-state index in [0.29, 0.717) is 5.92 Å². The van der Waals surface area contributed by atoms with E-state index in [4.69, 9.17) is 4.74 Å². The quantitative estimate of drug-likeness (QED) is 0.817. The Morgan fingerprint density at radius 1 is 1.24 bits per heavy atom. The zero-order chi connectivity index (χ0) is 12.8. The second-order valence-corrected chi connectivity index (χ2v) is 5.05. The third-order valence-corrected chi connectivity index (χ3v) is 3.11. The molecule has 0 aliphatic rings. The Labute approximate surface area is 105 Å². The summed E-state index contributed by atoms with van der Waals surface area (Å²) in [6.45, 7) is 6.59. The van der Waals surface area contributed by atoms with Crippen molar-refractivity contribution >= 4 is 0 Å². The third kappa shape index (κ3) is 4.14. The summed E-state index contributed by atoms with van der Waals surface area (Å²) < 4.78 is 5.42. The molecule has 1 aromatic carbocycles. The average molecular weight is 235 g/mol. The highest BCUT2D eigenvalue weighted by molar-refractivity contribution is 5.27. The number of methoxy groups -OCH3 is 1. The fourth-order valence-corrected chi connectivity index (χ4v) is 2.19. The fraction of sp³-hybridized carbons (Fsp3) is 0.600. The van der Waals surface area contributed by atoms with Gasteiger partial charge in [-0.2, -0.15) is 0 Å². The smallest absolute Gasteiger partial charge is 0.0737 e. The van der Waals surface area contributed by atoms with Gasteiger partial charge >= 0.3 is 0 Å². The Kier molecular flexibility index (Phi) is 5.66. The second-order valence-electron chi connectivity index (χ2n) is 5.05. The van der Waals surface area contributed by atoms with Gasteiger partial charge in [0.25, 0.3) is 0 Å². The Morgan fingerprint density at radius 2 is 1.94 bits per heavy atom. The minimum absolute atomic E-state index is 0.175. The van der Waals surface area contributed by atoms with Crippen molar-refractivity contribution in [1.82, 2.24) is 5.32 Å². The van der Waals surface area contributed by atoms with Crippen molar-refractivity contribution in [2.45, 2.75) is 39.3 Å². The van der Waals surface area contributed by atoms with Crippen LogP contribution in [0.1, 0.15) is 37.9 Å². The first-order valence-electron chi connectivity index (χ1n) is 6.37. The first-order chi connectivity index (χ1) is 8.08. The van der Waals surface area contributed by atoms with Gasteiger partial charge in [0, 0.05) is 7.11 Å². The van der Waals surface area contributed by atoms with Gasteiger partial charge in [0.05, 0.1) is 12.1 Å².